The second-order valence-corrected chi connectivity index (χ2v) is 6.15. The Balaban J connectivity index is 1.55. The van der Waals surface area contributed by atoms with Gasteiger partial charge in [0.05, 0.1) is 11.6 Å². The van der Waals surface area contributed by atoms with E-state index in [1.54, 1.807) is 6.07 Å². The van der Waals surface area contributed by atoms with Gasteiger partial charge < -0.3 is 10.4 Å². The molecule has 1 fully saturated rings. The minimum Gasteiger partial charge on any atom is -0.388 e. The van der Waals surface area contributed by atoms with Gasteiger partial charge in [-0.15, -0.1) is 0 Å². The van der Waals surface area contributed by atoms with Crippen LogP contribution >= 0.6 is 0 Å². The first-order valence-electron chi connectivity index (χ1n) is 7.93. The van der Waals surface area contributed by atoms with E-state index in [1.165, 1.54) is 0 Å². The first-order chi connectivity index (χ1) is 11.1. The van der Waals surface area contributed by atoms with E-state index >= 15 is 0 Å². The lowest BCUT2D eigenvalue weighted by atomic mass is 9.80. The standard InChI is InChI=1S/C17H22N4O2/c1-13(14-6-3-2-4-7-14)21-11-8-15(20-21)19-16(22)18-12-17(23)9-5-10-17/h2-4,6-8,11,13,23H,5,9-10,12H2,1H3,(H2,18,19,20,22). The van der Waals surface area contributed by atoms with Crippen molar-refractivity contribution in [1.29, 1.82) is 0 Å². The fourth-order valence-corrected chi connectivity index (χ4v) is 2.67. The van der Waals surface area contributed by atoms with E-state index < -0.39 is 5.60 Å². The minimum atomic E-state index is -0.724. The Labute approximate surface area is 135 Å². The molecule has 1 aliphatic carbocycles. The summed E-state index contributed by atoms with van der Waals surface area (Å²) in [4.78, 5) is 11.9. The number of aromatic nitrogens is 2. The summed E-state index contributed by atoms with van der Waals surface area (Å²) in [5.41, 5.74) is 0.428. The highest BCUT2D eigenvalue weighted by molar-refractivity contribution is 5.88. The number of urea groups is 1. The van der Waals surface area contributed by atoms with Gasteiger partial charge in [-0.1, -0.05) is 30.3 Å². The highest BCUT2D eigenvalue weighted by Gasteiger charge is 2.34. The van der Waals surface area contributed by atoms with Crippen LogP contribution in [0.2, 0.25) is 0 Å². The third-order valence-electron chi connectivity index (χ3n) is 4.39. The van der Waals surface area contributed by atoms with Gasteiger partial charge >= 0.3 is 6.03 Å². The summed E-state index contributed by atoms with van der Waals surface area (Å²) < 4.78 is 1.81. The Kier molecular flexibility index (Phi) is 4.34. The van der Waals surface area contributed by atoms with Gasteiger partial charge in [-0.25, -0.2) is 4.79 Å². The van der Waals surface area contributed by atoms with E-state index in [-0.39, 0.29) is 18.6 Å². The molecule has 1 aromatic heterocycles. The van der Waals surface area contributed by atoms with Crippen molar-refractivity contribution in [3.63, 3.8) is 0 Å². The van der Waals surface area contributed by atoms with Gasteiger partial charge in [-0.2, -0.15) is 5.10 Å². The number of carbonyl (C=O) groups excluding carboxylic acids is 1. The van der Waals surface area contributed by atoms with E-state index in [4.69, 9.17) is 0 Å². The van der Waals surface area contributed by atoms with Crippen molar-refractivity contribution in [2.45, 2.75) is 37.8 Å². The van der Waals surface area contributed by atoms with E-state index in [2.05, 4.69) is 22.7 Å². The molecule has 1 unspecified atom stereocenters. The van der Waals surface area contributed by atoms with Crippen LogP contribution in [0.15, 0.2) is 42.6 Å². The van der Waals surface area contributed by atoms with Crippen LogP contribution in [0.5, 0.6) is 0 Å². The molecule has 0 spiro atoms. The third kappa shape index (κ3) is 3.71. The van der Waals surface area contributed by atoms with E-state index in [9.17, 15) is 9.90 Å². The molecule has 1 aliphatic rings. The summed E-state index contributed by atoms with van der Waals surface area (Å²) in [6.07, 6.45) is 4.35. The minimum absolute atomic E-state index is 0.0884. The van der Waals surface area contributed by atoms with Crippen LogP contribution in [0.3, 0.4) is 0 Å². The van der Waals surface area contributed by atoms with Crippen LogP contribution in [-0.2, 0) is 0 Å². The normalized spacial score (nSPS) is 17.1. The molecule has 23 heavy (non-hydrogen) atoms. The maximum absolute atomic E-state index is 11.9. The highest BCUT2D eigenvalue weighted by atomic mass is 16.3. The average Bonchev–Trinajstić information content (AvgIpc) is 2.99. The van der Waals surface area contributed by atoms with Crippen LogP contribution in [-0.4, -0.2) is 33.1 Å². The van der Waals surface area contributed by atoms with Crippen molar-refractivity contribution in [3.05, 3.63) is 48.2 Å². The van der Waals surface area contributed by atoms with Crippen LogP contribution in [0.25, 0.3) is 0 Å². The SMILES string of the molecule is CC(c1ccccc1)n1ccc(NC(=O)NCC2(O)CCC2)n1. The summed E-state index contributed by atoms with van der Waals surface area (Å²) in [5.74, 6) is 0.492. The van der Waals surface area contributed by atoms with Gasteiger partial charge in [0, 0.05) is 18.8 Å². The van der Waals surface area contributed by atoms with Crippen molar-refractivity contribution in [1.82, 2.24) is 15.1 Å². The highest BCUT2D eigenvalue weighted by Crippen LogP contribution is 2.30. The molecule has 0 bridgehead atoms. The lowest BCUT2D eigenvalue weighted by Crippen LogP contribution is -2.48. The molecule has 0 saturated heterocycles. The number of carbonyl (C=O) groups is 1. The van der Waals surface area contributed by atoms with Crippen molar-refractivity contribution in [2.24, 2.45) is 0 Å². The molecule has 2 aromatic rings. The molecule has 122 valence electrons. The molecule has 1 saturated carbocycles. The number of hydrogen-bond acceptors (Lipinski definition) is 3. The number of nitrogens with one attached hydrogen (secondary N) is 2. The number of hydrogen-bond donors (Lipinski definition) is 3. The van der Waals surface area contributed by atoms with Crippen LogP contribution in [0.1, 0.15) is 37.8 Å². The summed E-state index contributed by atoms with van der Waals surface area (Å²) in [6.45, 7) is 2.33. The zero-order valence-electron chi connectivity index (χ0n) is 13.2. The van der Waals surface area contributed by atoms with Crippen molar-refractivity contribution in [3.8, 4) is 0 Å². The Morgan fingerprint density at radius 2 is 2.09 bits per heavy atom. The first kappa shape index (κ1) is 15.6. The summed E-state index contributed by atoms with van der Waals surface area (Å²) in [7, 11) is 0. The summed E-state index contributed by atoms with van der Waals surface area (Å²) >= 11 is 0. The predicted octanol–water partition coefficient (Wildman–Crippen LogP) is 2.53. The number of nitrogens with zero attached hydrogens (tertiary/aromatic N) is 2. The third-order valence-corrected chi connectivity index (χ3v) is 4.39. The van der Waals surface area contributed by atoms with Gasteiger partial charge in [0.15, 0.2) is 5.82 Å². The van der Waals surface area contributed by atoms with Gasteiger partial charge in [-0.3, -0.25) is 10.00 Å². The van der Waals surface area contributed by atoms with Crippen molar-refractivity contribution < 1.29 is 9.90 Å². The monoisotopic (exact) mass is 314 g/mol. The quantitative estimate of drug-likeness (QED) is 0.793. The van der Waals surface area contributed by atoms with Gasteiger partial charge in [-0.05, 0) is 31.7 Å². The van der Waals surface area contributed by atoms with Crippen LogP contribution < -0.4 is 10.6 Å². The van der Waals surface area contributed by atoms with E-state index in [0.717, 1.165) is 24.8 Å². The summed E-state index contributed by atoms with van der Waals surface area (Å²) in [6, 6.07) is 11.6. The molecule has 1 aromatic carbocycles. The Bertz CT molecular complexity index is 664. The van der Waals surface area contributed by atoms with Gasteiger partial charge in [0.25, 0.3) is 0 Å². The second-order valence-electron chi connectivity index (χ2n) is 6.15. The fourth-order valence-electron chi connectivity index (χ4n) is 2.67. The van der Waals surface area contributed by atoms with Gasteiger partial charge in [0.2, 0.25) is 0 Å². The maximum atomic E-state index is 11.9. The zero-order valence-corrected chi connectivity index (χ0v) is 13.2. The average molecular weight is 314 g/mol. The smallest absolute Gasteiger partial charge is 0.320 e. The summed E-state index contributed by atoms with van der Waals surface area (Å²) in [5, 5.41) is 19.7. The topological polar surface area (TPSA) is 79.2 Å². The lowest BCUT2D eigenvalue weighted by Gasteiger charge is -2.36. The molecule has 0 radical (unpaired) electrons. The molecule has 6 heteroatoms. The Morgan fingerprint density at radius 3 is 2.74 bits per heavy atom. The van der Waals surface area contributed by atoms with E-state index in [0.29, 0.717) is 5.82 Å². The molecule has 6 nitrogen and oxygen atoms in total. The molecule has 0 aliphatic heterocycles. The molecule has 3 N–H and O–H groups in total. The number of amides is 2. The molecule has 2 amide bonds. The number of aliphatic hydroxyl groups is 1. The van der Waals surface area contributed by atoms with Crippen molar-refractivity contribution >= 4 is 11.8 Å². The van der Waals surface area contributed by atoms with Crippen molar-refractivity contribution in [2.75, 3.05) is 11.9 Å². The van der Waals surface area contributed by atoms with E-state index in [1.807, 2.05) is 41.2 Å². The number of benzene rings is 1. The lowest BCUT2D eigenvalue weighted by molar-refractivity contribution is -0.0287. The first-order valence-corrected chi connectivity index (χ1v) is 7.93. The molecule has 1 heterocycles. The predicted molar refractivity (Wildman–Crippen MR) is 88.3 cm³/mol. The zero-order chi connectivity index (χ0) is 16.3. The number of anilines is 1. The molecule has 3 rings (SSSR count). The molecular formula is C17H22N4O2. The van der Waals surface area contributed by atoms with Crippen LogP contribution in [0, 0.1) is 0 Å². The van der Waals surface area contributed by atoms with Crippen LogP contribution in [0.4, 0.5) is 10.6 Å². The largest absolute Gasteiger partial charge is 0.388 e. The number of rotatable bonds is 5. The second kappa shape index (κ2) is 6.42. The van der Waals surface area contributed by atoms with Gasteiger partial charge in [0.1, 0.15) is 0 Å². The molecule has 1 atom stereocenters. The maximum Gasteiger partial charge on any atom is 0.320 e. The fraction of sp³-hybridized carbons (Fsp3) is 0.412. The Morgan fingerprint density at radius 1 is 1.35 bits per heavy atom. The Hall–Kier alpha value is -2.34. The molecular weight excluding hydrogens is 292 g/mol.